The first-order valence-corrected chi connectivity index (χ1v) is 15.4. The number of unbranched alkanes of at least 4 members (excludes halogenated alkanes) is 6. The fraction of sp³-hybridized carbons (Fsp3) is 0.444. The molecule has 4 aromatic carbocycles. The molecule has 2 unspecified atom stereocenters. The third-order valence-electron chi connectivity index (χ3n) is 7.50. The van der Waals surface area contributed by atoms with E-state index in [1.807, 2.05) is 72.8 Å². The molecule has 4 rings (SSSR count). The van der Waals surface area contributed by atoms with Crippen molar-refractivity contribution < 1.29 is 24.4 Å². The number of aliphatic hydroxyl groups excluding tert-OH is 2. The molecule has 0 fully saturated rings. The lowest BCUT2D eigenvalue weighted by molar-refractivity contribution is 0.0978. The van der Waals surface area contributed by atoms with Gasteiger partial charge in [0.1, 0.15) is 36.2 Å². The maximum Gasteiger partial charge on any atom is 0.135 e. The minimum Gasteiger partial charge on any atom is -0.490 e. The van der Waals surface area contributed by atoms with E-state index in [9.17, 15) is 10.2 Å². The Morgan fingerprint density at radius 3 is 1.61 bits per heavy atom. The van der Waals surface area contributed by atoms with Crippen LogP contribution in [0.5, 0.6) is 23.0 Å². The van der Waals surface area contributed by atoms with Gasteiger partial charge in [0.25, 0.3) is 0 Å². The lowest BCUT2D eigenvalue weighted by atomic mass is 10.00. The van der Waals surface area contributed by atoms with Crippen LogP contribution in [0.4, 0.5) is 0 Å². The standard InChI is InChI=1S/C36H46O5/c1-3-5-7-10-16-27(37)25-39-35-31-20-14-15-21-32(31)36(40-26-28(38)17-11-8-6-4-2)34-24-30(22-23-33(34)35)41-29-18-12-9-13-19-29/h9,12-15,18-24,27-28,37-38H,3-8,10-11,16-17,25-26H2,1-2H3. The lowest BCUT2D eigenvalue weighted by Gasteiger charge is -2.21. The number of benzene rings is 4. The summed E-state index contributed by atoms with van der Waals surface area (Å²) in [6.07, 6.45) is 9.31. The monoisotopic (exact) mass is 558 g/mol. The molecule has 220 valence electrons. The molecule has 2 atom stereocenters. The van der Waals surface area contributed by atoms with Gasteiger partial charge in [-0.15, -0.1) is 0 Å². The van der Waals surface area contributed by atoms with E-state index in [1.165, 1.54) is 25.7 Å². The van der Waals surface area contributed by atoms with Crippen LogP contribution in [0.25, 0.3) is 21.5 Å². The molecule has 0 amide bonds. The molecule has 4 aromatic rings. The summed E-state index contributed by atoms with van der Waals surface area (Å²) < 4.78 is 18.9. The van der Waals surface area contributed by atoms with Crippen molar-refractivity contribution in [3.63, 3.8) is 0 Å². The molecule has 0 radical (unpaired) electrons. The highest BCUT2D eigenvalue weighted by Gasteiger charge is 2.19. The van der Waals surface area contributed by atoms with E-state index < -0.39 is 12.2 Å². The summed E-state index contributed by atoms with van der Waals surface area (Å²) in [7, 11) is 0. The normalized spacial score (nSPS) is 12.9. The first-order valence-electron chi connectivity index (χ1n) is 15.4. The number of fused-ring (bicyclic) bond motifs is 2. The zero-order chi connectivity index (χ0) is 28.9. The fourth-order valence-corrected chi connectivity index (χ4v) is 5.22. The molecular formula is C36H46O5. The van der Waals surface area contributed by atoms with Crippen LogP contribution in [0.1, 0.15) is 78.1 Å². The summed E-state index contributed by atoms with van der Waals surface area (Å²) in [6, 6.07) is 23.6. The number of para-hydroxylation sites is 1. The Labute approximate surface area is 245 Å². The predicted molar refractivity (Wildman–Crippen MR) is 168 cm³/mol. The zero-order valence-corrected chi connectivity index (χ0v) is 24.7. The molecule has 0 aliphatic rings. The molecule has 41 heavy (non-hydrogen) atoms. The number of rotatable bonds is 18. The summed E-state index contributed by atoms with van der Waals surface area (Å²) in [4.78, 5) is 0. The minimum absolute atomic E-state index is 0.214. The van der Waals surface area contributed by atoms with Gasteiger partial charge in [-0.05, 0) is 43.2 Å². The SMILES string of the molecule is CCCCCCC(O)COc1c2ccccc2c(OCC(O)CCCCCC)c2cc(Oc3ccccc3)ccc12. The van der Waals surface area contributed by atoms with Gasteiger partial charge in [0, 0.05) is 21.5 Å². The molecule has 0 aliphatic carbocycles. The third kappa shape index (κ3) is 8.85. The van der Waals surface area contributed by atoms with Crippen molar-refractivity contribution in [3.8, 4) is 23.0 Å². The van der Waals surface area contributed by atoms with Gasteiger partial charge in [0.15, 0.2) is 0 Å². The third-order valence-corrected chi connectivity index (χ3v) is 7.50. The van der Waals surface area contributed by atoms with Crippen molar-refractivity contribution in [1.29, 1.82) is 0 Å². The van der Waals surface area contributed by atoms with Crippen molar-refractivity contribution in [2.75, 3.05) is 13.2 Å². The van der Waals surface area contributed by atoms with Crippen molar-refractivity contribution in [3.05, 3.63) is 72.8 Å². The van der Waals surface area contributed by atoms with Crippen molar-refractivity contribution in [1.82, 2.24) is 0 Å². The maximum absolute atomic E-state index is 10.7. The average molecular weight is 559 g/mol. The van der Waals surface area contributed by atoms with Gasteiger partial charge in [0.2, 0.25) is 0 Å². The molecule has 0 saturated carbocycles. The Hall–Kier alpha value is -3.28. The molecule has 5 nitrogen and oxygen atoms in total. The molecule has 0 saturated heterocycles. The zero-order valence-electron chi connectivity index (χ0n) is 24.7. The number of hydrogen-bond acceptors (Lipinski definition) is 5. The average Bonchev–Trinajstić information content (AvgIpc) is 2.99. The van der Waals surface area contributed by atoms with Crippen LogP contribution >= 0.6 is 0 Å². The Morgan fingerprint density at radius 1 is 0.537 bits per heavy atom. The van der Waals surface area contributed by atoms with Gasteiger partial charge in [-0.25, -0.2) is 0 Å². The van der Waals surface area contributed by atoms with Gasteiger partial charge < -0.3 is 24.4 Å². The highest BCUT2D eigenvalue weighted by molar-refractivity contribution is 6.11. The van der Waals surface area contributed by atoms with Crippen LogP contribution in [-0.4, -0.2) is 35.6 Å². The lowest BCUT2D eigenvalue weighted by Crippen LogP contribution is -2.18. The Morgan fingerprint density at radius 2 is 1.05 bits per heavy atom. The van der Waals surface area contributed by atoms with Gasteiger partial charge >= 0.3 is 0 Å². The van der Waals surface area contributed by atoms with Crippen LogP contribution in [0, 0.1) is 0 Å². The predicted octanol–water partition coefficient (Wildman–Crippen LogP) is 9.21. The second-order valence-electron chi connectivity index (χ2n) is 11.0. The van der Waals surface area contributed by atoms with Crippen LogP contribution in [0.15, 0.2) is 72.8 Å². The van der Waals surface area contributed by atoms with E-state index in [4.69, 9.17) is 14.2 Å². The first-order chi connectivity index (χ1) is 20.1. The smallest absolute Gasteiger partial charge is 0.135 e. The molecule has 0 aromatic heterocycles. The molecule has 5 heteroatoms. The Balaban J connectivity index is 1.66. The number of ether oxygens (including phenoxy) is 3. The Bertz CT molecular complexity index is 1340. The quantitative estimate of drug-likeness (QED) is 0.0941. The Kier molecular flexibility index (Phi) is 12.1. The first kappa shape index (κ1) is 30.7. The summed E-state index contributed by atoms with van der Waals surface area (Å²) in [5.41, 5.74) is 0. The molecular weight excluding hydrogens is 512 g/mol. The van der Waals surface area contributed by atoms with E-state index >= 15 is 0 Å². The van der Waals surface area contributed by atoms with E-state index in [2.05, 4.69) is 13.8 Å². The van der Waals surface area contributed by atoms with Gasteiger partial charge in [0.05, 0.1) is 12.2 Å². The van der Waals surface area contributed by atoms with Crippen molar-refractivity contribution in [2.45, 2.75) is 90.3 Å². The van der Waals surface area contributed by atoms with Crippen LogP contribution in [0.3, 0.4) is 0 Å². The van der Waals surface area contributed by atoms with Crippen molar-refractivity contribution >= 4 is 21.5 Å². The van der Waals surface area contributed by atoms with E-state index in [1.54, 1.807) is 0 Å². The second kappa shape index (κ2) is 16.2. The number of hydrogen-bond donors (Lipinski definition) is 2. The highest BCUT2D eigenvalue weighted by Crippen LogP contribution is 2.44. The van der Waals surface area contributed by atoms with Crippen molar-refractivity contribution in [2.24, 2.45) is 0 Å². The maximum atomic E-state index is 10.7. The van der Waals surface area contributed by atoms with Gasteiger partial charge in [-0.3, -0.25) is 0 Å². The second-order valence-corrected chi connectivity index (χ2v) is 11.0. The molecule has 0 bridgehead atoms. The summed E-state index contributed by atoms with van der Waals surface area (Å²) in [5.74, 6) is 2.86. The van der Waals surface area contributed by atoms with E-state index in [-0.39, 0.29) is 13.2 Å². The summed E-state index contributed by atoms with van der Waals surface area (Å²) in [5, 5.41) is 24.9. The topological polar surface area (TPSA) is 68.2 Å². The van der Waals surface area contributed by atoms with Crippen LogP contribution in [-0.2, 0) is 0 Å². The van der Waals surface area contributed by atoms with Gasteiger partial charge in [-0.1, -0.05) is 108 Å². The van der Waals surface area contributed by atoms with Crippen LogP contribution < -0.4 is 14.2 Å². The van der Waals surface area contributed by atoms with E-state index in [0.29, 0.717) is 11.5 Å². The minimum atomic E-state index is -0.539. The van der Waals surface area contributed by atoms with E-state index in [0.717, 1.165) is 71.6 Å². The summed E-state index contributed by atoms with van der Waals surface area (Å²) >= 11 is 0. The highest BCUT2D eigenvalue weighted by atomic mass is 16.5. The molecule has 0 spiro atoms. The molecule has 2 N–H and O–H groups in total. The molecule has 0 heterocycles. The fourth-order valence-electron chi connectivity index (χ4n) is 5.22. The van der Waals surface area contributed by atoms with Crippen LogP contribution in [0.2, 0.25) is 0 Å². The summed E-state index contributed by atoms with van der Waals surface area (Å²) in [6.45, 7) is 4.82. The van der Waals surface area contributed by atoms with Gasteiger partial charge in [-0.2, -0.15) is 0 Å². The largest absolute Gasteiger partial charge is 0.490 e. The number of aliphatic hydroxyl groups is 2. The molecule has 0 aliphatic heterocycles.